The Hall–Kier alpha value is -1.26. The second kappa shape index (κ2) is 4.72. The summed E-state index contributed by atoms with van der Waals surface area (Å²) in [4.78, 5) is 22.0. The normalized spacial score (nSPS) is 24.8. The summed E-state index contributed by atoms with van der Waals surface area (Å²) in [7, 11) is 0. The summed E-state index contributed by atoms with van der Waals surface area (Å²) in [6.07, 6.45) is 3.00. The van der Waals surface area contributed by atoms with Gasteiger partial charge in [-0.1, -0.05) is 13.8 Å². The number of rotatable bonds is 3. The fraction of sp³-hybridized carbons (Fsp3) is 0.818. The highest BCUT2D eigenvalue weighted by Gasteiger charge is 2.31. The van der Waals surface area contributed by atoms with Gasteiger partial charge in [0.25, 0.3) is 0 Å². The molecule has 0 aromatic carbocycles. The molecular formula is C11H20N2O3. The summed E-state index contributed by atoms with van der Waals surface area (Å²) >= 11 is 0. The van der Waals surface area contributed by atoms with Crippen LogP contribution in [0.25, 0.3) is 0 Å². The molecule has 0 aromatic rings. The van der Waals surface area contributed by atoms with Crippen LogP contribution in [0.5, 0.6) is 0 Å². The third-order valence-electron chi connectivity index (χ3n) is 3.02. The Morgan fingerprint density at radius 3 is 2.50 bits per heavy atom. The number of aliphatic carboxylic acids is 1. The molecule has 0 aromatic heterocycles. The summed E-state index contributed by atoms with van der Waals surface area (Å²) in [6, 6.07) is -1.08. The molecule has 1 unspecified atom stereocenters. The molecule has 0 saturated heterocycles. The quantitative estimate of drug-likeness (QED) is 0.682. The largest absolute Gasteiger partial charge is 0.480 e. The zero-order valence-electron chi connectivity index (χ0n) is 10.0. The number of carbonyl (C=O) groups excluding carboxylic acids is 1. The monoisotopic (exact) mass is 228 g/mol. The van der Waals surface area contributed by atoms with E-state index in [1.165, 1.54) is 6.92 Å². The van der Waals surface area contributed by atoms with Crippen LogP contribution in [0.1, 0.15) is 40.0 Å². The molecule has 5 heteroatoms. The van der Waals surface area contributed by atoms with Crippen molar-refractivity contribution in [2.24, 2.45) is 5.41 Å². The van der Waals surface area contributed by atoms with Gasteiger partial charge in [0.15, 0.2) is 0 Å². The van der Waals surface area contributed by atoms with Crippen molar-refractivity contribution in [3.8, 4) is 0 Å². The van der Waals surface area contributed by atoms with Crippen molar-refractivity contribution in [3.63, 3.8) is 0 Å². The van der Waals surface area contributed by atoms with Crippen LogP contribution in [0.3, 0.4) is 0 Å². The Labute approximate surface area is 95.6 Å². The van der Waals surface area contributed by atoms with Gasteiger partial charge in [-0.15, -0.1) is 0 Å². The maximum atomic E-state index is 11.4. The fourth-order valence-corrected chi connectivity index (χ4v) is 2.04. The molecule has 0 aliphatic heterocycles. The molecule has 1 aliphatic rings. The van der Waals surface area contributed by atoms with Crippen LogP contribution in [0, 0.1) is 5.41 Å². The number of carboxylic acid groups (broad SMARTS) is 1. The van der Waals surface area contributed by atoms with Crippen molar-refractivity contribution >= 4 is 12.0 Å². The lowest BCUT2D eigenvalue weighted by molar-refractivity contribution is -0.138. The smallest absolute Gasteiger partial charge is 0.325 e. The van der Waals surface area contributed by atoms with Crippen LogP contribution in [0.15, 0.2) is 0 Å². The van der Waals surface area contributed by atoms with E-state index in [4.69, 9.17) is 5.11 Å². The molecule has 0 heterocycles. The molecule has 3 N–H and O–H groups in total. The Morgan fingerprint density at radius 1 is 1.44 bits per heavy atom. The van der Waals surface area contributed by atoms with E-state index >= 15 is 0 Å². The van der Waals surface area contributed by atoms with Crippen molar-refractivity contribution in [3.05, 3.63) is 0 Å². The lowest BCUT2D eigenvalue weighted by atomic mass is 9.92. The minimum Gasteiger partial charge on any atom is -0.480 e. The first-order valence-electron chi connectivity index (χ1n) is 5.60. The lowest BCUT2D eigenvalue weighted by Crippen LogP contribution is -2.47. The summed E-state index contributed by atoms with van der Waals surface area (Å²) in [5, 5.41) is 13.8. The van der Waals surface area contributed by atoms with E-state index < -0.39 is 18.0 Å². The molecule has 0 radical (unpaired) electrons. The van der Waals surface area contributed by atoms with Gasteiger partial charge in [-0.05, 0) is 31.6 Å². The number of amides is 2. The zero-order valence-corrected chi connectivity index (χ0v) is 10.0. The van der Waals surface area contributed by atoms with Crippen LogP contribution >= 0.6 is 0 Å². The van der Waals surface area contributed by atoms with Crippen LogP contribution in [0.2, 0.25) is 0 Å². The number of hydrogen-bond donors (Lipinski definition) is 3. The van der Waals surface area contributed by atoms with E-state index in [1.54, 1.807) is 0 Å². The Kier molecular flexibility index (Phi) is 3.78. The molecule has 1 saturated carbocycles. The zero-order chi connectivity index (χ0) is 12.3. The first-order valence-corrected chi connectivity index (χ1v) is 5.60. The highest BCUT2D eigenvalue weighted by Crippen LogP contribution is 2.36. The highest BCUT2D eigenvalue weighted by atomic mass is 16.4. The van der Waals surface area contributed by atoms with Crippen molar-refractivity contribution in [1.82, 2.24) is 10.6 Å². The minimum atomic E-state index is -1.03. The number of urea groups is 1. The molecule has 0 spiro atoms. The molecule has 1 fully saturated rings. The van der Waals surface area contributed by atoms with Crippen LogP contribution in [-0.2, 0) is 4.79 Å². The highest BCUT2D eigenvalue weighted by molar-refractivity contribution is 5.82. The second-order valence-electron chi connectivity index (χ2n) is 5.28. The minimum absolute atomic E-state index is 0.163. The van der Waals surface area contributed by atoms with E-state index in [0.29, 0.717) is 0 Å². The van der Waals surface area contributed by atoms with Crippen molar-refractivity contribution in [2.45, 2.75) is 52.1 Å². The molecule has 2 atom stereocenters. The van der Waals surface area contributed by atoms with E-state index in [9.17, 15) is 9.59 Å². The standard InChI is InChI=1S/C11H20N2O3/c1-7(9(14)15)12-10(16)13-8-4-5-11(2,3)6-8/h7-8H,4-6H2,1-3H3,(H,14,15)(H2,12,13,16)/t7-,8?/m0/s1. The van der Waals surface area contributed by atoms with Gasteiger partial charge in [0, 0.05) is 6.04 Å². The predicted octanol–water partition coefficient (Wildman–Crippen LogP) is 1.34. The molecule has 5 nitrogen and oxygen atoms in total. The number of nitrogens with one attached hydrogen (secondary N) is 2. The van der Waals surface area contributed by atoms with E-state index in [1.807, 2.05) is 0 Å². The molecule has 1 rings (SSSR count). The second-order valence-corrected chi connectivity index (χ2v) is 5.28. The van der Waals surface area contributed by atoms with Crippen LogP contribution < -0.4 is 10.6 Å². The van der Waals surface area contributed by atoms with Crippen molar-refractivity contribution in [1.29, 1.82) is 0 Å². The summed E-state index contributed by atoms with van der Waals surface area (Å²) in [6.45, 7) is 5.79. The molecular weight excluding hydrogens is 208 g/mol. The Balaban J connectivity index is 2.33. The van der Waals surface area contributed by atoms with Gasteiger partial charge in [0.05, 0.1) is 0 Å². The van der Waals surface area contributed by atoms with Gasteiger partial charge in [-0.25, -0.2) is 4.79 Å². The summed E-state index contributed by atoms with van der Waals surface area (Å²) in [5.74, 6) is -1.03. The predicted molar refractivity (Wildman–Crippen MR) is 60.2 cm³/mol. The van der Waals surface area contributed by atoms with Gasteiger partial charge in [0.2, 0.25) is 0 Å². The molecule has 0 bridgehead atoms. The van der Waals surface area contributed by atoms with Crippen LogP contribution in [0.4, 0.5) is 4.79 Å². The lowest BCUT2D eigenvalue weighted by Gasteiger charge is -2.18. The Bertz CT molecular complexity index is 289. The molecule has 1 aliphatic carbocycles. The van der Waals surface area contributed by atoms with Gasteiger partial charge in [-0.2, -0.15) is 0 Å². The van der Waals surface area contributed by atoms with Gasteiger partial charge >= 0.3 is 12.0 Å². The number of carboxylic acids is 1. The summed E-state index contributed by atoms with van der Waals surface area (Å²) < 4.78 is 0. The topological polar surface area (TPSA) is 78.4 Å². The SMILES string of the molecule is C[C@H](NC(=O)NC1CCC(C)(C)C1)C(=O)O. The van der Waals surface area contributed by atoms with E-state index in [-0.39, 0.29) is 11.5 Å². The van der Waals surface area contributed by atoms with Gasteiger partial charge < -0.3 is 15.7 Å². The van der Waals surface area contributed by atoms with Crippen molar-refractivity contribution < 1.29 is 14.7 Å². The average molecular weight is 228 g/mol. The molecule has 92 valence electrons. The number of hydrogen-bond acceptors (Lipinski definition) is 2. The van der Waals surface area contributed by atoms with Crippen LogP contribution in [-0.4, -0.2) is 29.2 Å². The molecule has 16 heavy (non-hydrogen) atoms. The van der Waals surface area contributed by atoms with Gasteiger partial charge in [-0.3, -0.25) is 4.79 Å². The third kappa shape index (κ3) is 3.72. The first kappa shape index (κ1) is 12.8. The fourth-order valence-electron chi connectivity index (χ4n) is 2.04. The average Bonchev–Trinajstić information content (AvgIpc) is 2.44. The van der Waals surface area contributed by atoms with E-state index in [0.717, 1.165) is 19.3 Å². The third-order valence-corrected chi connectivity index (χ3v) is 3.02. The van der Waals surface area contributed by atoms with Gasteiger partial charge in [0.1, 0.15) is 6.04 Å². The number of carbonyl (C=O) groups is 2. The maximum absolute atomic E-state index is 11.4. The Morgan fingerprint density at radius 2 is 2.06 bits per heavy atom. The van der Waals surface area contributed by atoms with E-state index in [2.05, 4.69) is 24.5 Å². The first-order chi connectivity index (χ1) is 7.30. The maximum Gasteiger partial charge on any atom is 0.325 e. The summed E-state index contributed by atoms with van der Waals surface area (Å²) in [5.41, 5.74) is 0.274. The van der Waals surface area contributed by atoms with Crippen molar-refractivity contribution in [2.75, 3.05) is 0 Å². The molecule has 2 amide bonds.